The molecule has 0 saturated heterocycles. The fourth-order valence-corrected chi connectivity index (χ4v) is 3.35. The quantitative estimate of drug-likeness (QED) is 0.545. The molecule has 2 heterocycles. The fraction of sp³-hybridized carbons (Fsp3) is 0.182. The number of aromatic nitrogens is 1. The molecule has 7 nitrogen and oxygen atoms in total. The van der Waals surface area contributed by atoms with Crippen molar-refractivity contribution in [3.63, 3.8) is 0 Å². The molecular formula is C22H18N2O5. The lowest BCUT2D eigenvalue weighted by atomic mass is 10.1. The Labute approximate surface area is 166 Å². The molecule has 0 aliphatic heterocycles. The number of nitrogens with one attached hydrogen (secondary N) is 1. The molecule has 1 aliphatic rings. The van der Waals surface area contributed by atoms with Crippen LogP contribution in [-0.4, -0.2) is 23.5 Å². The highest BCUT2D eigenvalue weighted by molar-refractivity contribution is 6.37. The Kier molecular flexibility index (Phi) is 4.95. The number of hydrogen-bond acceptors (Lipinski definition) is 6. The largest absolute Gasteiger partial charge is 0.459 e. The highest BCUT2D eigenvalue weighted by Crippen LogP contribution is 2.34. The summed E-state index contributed by atoms with van der Waals surface area (Å²) in [5.74, 6) is -1.29. The number of anilines is 1. The number of pyridine rings is 1. The van der Waals surface area contributed by atoms with Gasteiger partial charge >= 0.3 is 11.9 Å². The van der Waals surface area contributed by atoms with Crippen LogP contribution in [0.1, 0.15) is 30.2 Å². The number of esters is 1. The molecule has 0 saturated carbocycles. The summed E-state index contributed by atoms with van der Waals surface area (Å²) in [5, 5.41) is 2.89. The van der Waals surface area contributed by atoms with E-state index in [0.717, 1.165) is 11.1 Å². The minimum atomic E-state index is -0.968. The van der Waals surface area contributed by atoms with Crippen LogP contribution >= 0.6 is 0 Å². The molecule has 0 radical (unpaired) electrons. The van der Waals surface area contributed by atoms with Crippen molar-refractivity contribution in [2.45, 2.75) is 19.8 Å². The van der Waals surface area contributed by atoms with E-state index in [2.05, 4.69) is 15.0 Å². The van der Waals surface area contributed by atoms with Crippen molar-refractivity contribution in [1.82, 2.24) is 4.98 Å². The van der Waals surface area contributed by atoms with E-state index in [4.69, 9.17) is 4.42 Å². The molecule has 0 bridgehead atoms. The minimum absolute atomic E-state index is 0.0842. The van der Waals surface area contributed by atoms with Gasteiger partial charge in [0.25, 0.3) is 0 Å². The van der Waals surface area contributed by atoms with E-state index >= 15 is 0 Å². The van der Waals surface area contributed by atoms with Gasteiger partial charge < -0.3 is 14.5 Å². The molecule has 0 fully saturated rings. The van der Waals surface area contributed by atoms with Crippen molar-refractivity contribution >= 4 is 40.2 Å². The Hall–Kier alpha value is -3.74. The number of benzene rings is 1. The Morgan fingerprint density at radius 1 is 1.28 bits per heavy atom. The van der Waals surface area contributed by atoms with Crippen LogP contribution in [0.3, 0.4) is 0 Å². The topological polar surface area (TPSA) is 98.5 Å². The summed E-state index contributed by atoms with van der Waals surface area (Å²) in [6.07, 6.45) is 6.71. The second-order valence-corrected chi connectivity index (χ2v) is 6.58. The summed E-state index contributed by atoms with van der Waals surface area (Å²) in [5.41, 5.74) is 3.10. The zero-order valence-corrected chi connectivity index (χ0v) is 15.7. The summed E-state index contributed by atoms with van der Waals surface area (Å²) < 4.78 is 10.7. The molecule has 0 atom stereocenters. The average Bonchev–Trinajstić information content (AvgIpc) is 3.11. The van der Waals surface area contributed by atoms with Gasteiger partial charge in [0, 0.05) is 29.7 Å². The second-order valence-electron chi connectivity index (χ2n) is 6.58. The first-order chi connectivity index (χ1) is 14.1. The first-order valence-electron chi connectivity index (χ1n) is 9.25. The number of carbonyl (C=O) groups excluding carboxylic acids is 2. The Bertz CT molecular complexity index is 1200. The van der Waals surface area contributed by atoms with Crippen molar-refractivity contribution in [3.8, 4) is 0 Å². The number of amides is 1. The van der Waals surface area contributed by atoms with Gasteiger partial charge in [-0.2, -0.15) is 0 Å². The molecule has 29 heavy (non-hydrogen) atoms. The van der Waals surface area contributed by atoms with Crippen molar-refractivity contribution in [2.24, 2.45) is 0 Å². The predicted octanol–water partition coefficient (Wildman–Crippen LogP) is 3.18. The normalized spacial score (nSPS) is 14.0. The zero-order chi connectivity index (χ0) is 20.4. The Morgan fingerprint density at radius 3 is 2.90 bits per heavy atom. The summed E-state index contributed by atoms with van der Waals surface area (Å²) in [6.45, 7) is 1.73. The number of nitrogens with zero attached hydrogens (tertiary/aromatic N) is 1. The lowest BCUT2D eigenvalue weighted by Crippen LogP contribution is -2.25. The van der Waals surface area contributed by atoms with E-state index in [0.29, 0.717) is 40.8 Å². The predicted molar refractivity (Wildman–Crippen MR) is 108 cm³/mol. The maximum Gasteiger partial charge on any atom is 0.397 e. The van der Waals surface area contributed by atoms with Crippen LogP contribution in [-0.2, 0) is 20.7 Å². The van der Waals surface area contributed by atoms with E-state index < -0.39 is 11.9 Å². The molecule has 2 aromatic heterocycles. The third kappa shape index (κ3) is 3.67. The maximum atomic E-state index is 12.9. The lowest BCUT2D eigenvalue weighted by molar-refractivity contribution is -0.152. The van der Waals surface area contributed by atoms with Crippen LogP contribution in [0.15, 0.2) is 51.9 Å². The van der Waals surface area contributed by atoms with E-state index in [1.807, 2.05) is 18.2 Å². The van der Waals surface area contributed by atoms with Crippen LogP contribution in [0, 0.1) is 0 Å². The van der Waals surface area contributed by atoms with Gasteiger partial charge in [0.15, 0.2) is 5.43 Å². The van der Waals surface area contributed by atoms with Crippen LogP contribution in [0.2, 0.25) is 0 Å². The molecule has 0 unspecified atom stereocenters. The molecule has 7 heteroatoms. The Morgan fingerprint density at radius 2 is 2.14 bits per heavy atom. The summed E-state index contributed by atoms with van der Waals surface area (Å²) >= 11 is 0. The molecule has 1 aliphatic carbocycles. The van der Waals surface area contributed by atoms with Gasteiger partial charge in [0.1, 0.15) is 11.3 Å². The van der Waals surface area contributed by atoms with E-state index in [-0.39, 0.29) is 12.0 Å². The third-order valence-corrected chi connectivity index (χ3v) is 4.67. The number of hydrogen-bond donors (Lipinski definition) is 1. The van der Waals surface area contributed by atoms with Gasteiger partial charge in [-0.1, -0.05) is 6.07 Å². The van der Waals surface area contributed by atoms with Crippen molar-refractivity contribution in [2.75, 3.05) is 11.9 Å². The number of fused-ring (bicyclic) bond motifs is 2. The van der Waals surface area contributed by atoms with Gasteiger partial charge in [0.2, 0.25) is 0 Å². The van der Waals surface area contributed by atoms with E-state index in [9.17, 15) is 14.4 Å². The molecular weight excluding hydrogens is 372 g/mol. The molecule has 1 N–H and O–H groups in total. The van der Waals surface area contributed by atoms with Gasteiger partial charge in [-0.3, -0.25) is 14.6 Å². The van der Waals surface area contributed by atoms with Crippen LogP contribution in [0.25, 0.3) is 22.6 Å². The first kappa shape index (κ1) is 18.6. The molecule has 1 amide bonds. The zero-order valence-electron chi connectivity index (χ0n) is 15.7. The van der Waals surface area contributed by atoms with Crippen LogP contribution in [0.5, 0.6) is 0 Å². The van der Waals surface area contributed by atoms with Crippen molar-refractivity contribution < 1.29 is 18.7 Å². The smallest absolute Gasteiger partial charge is 0.397 e. The van der Waals surface area contributed by atoms with Crippen LogP contribution < -0.4 is 10.7 Å². The van der Waals surface area contributed by atoms with E-state index in [1.54, 1.807) is 31.5 Å². The number of carbonyl (C=O) groups is 2. The monoisotopic (exact) mass is 390 g/mol. The number of ether oxygens (including phenoxy) is 1. The highest BCUT2D eigenvalue weighted by Gasteiger charge is 2.24. The number of rotatable bonds is 3. The third-order valence-electron chi connectivity index (χ3n) is 4.67. The molecule has 146 valence electrons. The SMILES string of the molecule is CCOC(=O)C(=O)Nc1ccc2c(=O)c3c(oc2c1)C(=Cc1cccnc1)CC3. The summed E-state index contributed by atoms with van der Waals surface area (Å²) in [4.78, 5) is 40.4. The average molecular weight is 390 g/mol. The van der Waals surface area contributed by atoms with Gasteiger partial charge in [-0.15, -0.1) is 0 Å². The fourth-order valence-electron chi connectivity index (χ4n) is 3.35. The molecule has 3 aromatic rings. The van der Waals surface area contributed by atoms with Crippen molar-refractivity contribution in [1.29, 1.82) is 0 Å². The summed E-state index contributed by atoms with van der Waals surface area (Å²) in [7, 11) is 0. The lowest BCUT2D eigenvalue weighted by Gasteiger charge is -2.07. The molecule has 1 aromatic carbocycles. The van der Waals surface area contributed by atoms with Gasteiger partial charge in [0.05, 0.1) is 12.0 Å². The van der Waals surface area contributed by atoms with Crippen molar-refractivity contribution in [3.05, 3.63) is 69.8 Å². The summed E-state index contributed by atoms with van der Waals surface area (Å²) in [6, 6.07) is 8.46. The minimum Gasteiger partial charge on any atom is -0.459 e. The van der Waals surface area contributed by atoms with Gasteiger partial charge in [-0.05, 0) is 55.2 Å². The first-order valence-corrected chi connectivity index (χ1v) is 9.25. The van der Waals surface area contributed by atoms with E-state index in [1.165, 1.54) is 6.07 Å². The van der Waals surface area contributed by atoms with Crippen LogP contribution in [0.4, 0.5) is 5.69 Å². The standard InChI is InChI=1S/C22H18N2O5/c1-2-28-22(27)21(26)24-15-6-8-16-18(11-15)29-20-14(5-7-17(20)19(16)25)10-13-4-3-9-23-12-13/h3-4,6,8-12H,2,5,7H2,1H3,(H,24,26). The Balaban J connectivity index is 1.72. The molecule has 0 spiro atoms. The number of allylic oxidation sites excluding steroid dienone is 1. The van der Waals surface area contributed by atoms with Gasteiger partial charge in [-0.25, -0.2) is 4.79 Å². The second kappa shape index (κ2) is 7.71. The molecule has 4 rings (SSSR count). The highest BCUT2D eigenvalue weighted by atomic mass is 16.5. The maximum absolute atomic E-state index is 12.9.